The topological polar surface area (TPSA) is 77.0 Å². The molecule has 0 amide bonds. The van der Waals surface area contributed by atoms with Crippen LogP contribution in [0.4, 0.5) is 0 Å². The number of ether oxygens (including phenoxy) is 3. The fourth-order valence-corrected chi connectivity index (χ4v) is 4.00. The van der Waals surface area contributed by atoms with E-state index in [1.165, 1.54) is 25.7 Å². The van der Waals surface area contributed by atoms with Crippen molar-refractivity contribution in [2.24, 2.45) is 10.4 Å². The average Bonchev–Trinajstić information content (AvgIpc) is 3.28. The third-order valence-corrected chi connectivity index (χ3v) is 5.88. The van der Waals surface area contributed by atoms with Crippen molar-refractivity contribution in [3.63, 3.8) is 0 Å². The van der Waals surface area contributed by atoms with Crippen LogP contribution in [0.15, 0.2) is 47.6 Å². The number of hydrogen-bond donors (Lipinski definition) is 2. The number of methoxy groups -OCH3 is 2. The van der Waals surface area contributed by atoms with E-state index in [1.807, 2.05) is 42.6 Å². The van der Waals surface area contributed by atoms with E-state index in [1.54, 1.807) is 21.3 Å². The molecule has 0 atom stereocenters. The molecule has 1 aliphatic rings. The van der Waals surface area contributed by atoms with Gasteiger partial charge in [-0.2, -0.15) is 0 Å². The van der Waals surface area contributed by atoms with Gasteiger partial charge in [0.1, 0.15) is 11.5 Å². The number of aromatic nitrogens is 1. The van der Waals surface area contributed by atoms with Gasteiger partial charge in [-0.1, -0.05) is 25.0 Å². The summed E-state index contributed by atoms with van der Waals surface area (Å²) in [6, 6.07) is 11.3. The third kappa shape index (κ3) is 7.81. The molecule has 0 radical (unpaired) electrons. The highest BCUT2D eigenvalue weighted by Gasteiger charge is 2.33. The van der Waals surface area contributed by atoms with E-state index in [9.17, 15) is 0 Å². The number of halogens is 1. The minimum Gasteiger partial charge on any atom is -0.497 e. The van der Waals surface area contributed by atoms with Crippen LogP contribution in [0.5, 0.6) is 17.4 Å². The van der Waals surface area contributed by atoms with Crippen LogP contribution < -0.4 is 20.1 Å². The molecule has 0 bridgehead atoms. The van der Waals surface area contributed by atoms with Gasteiger partial charge in [-0.3, -0.25) is 4.99 Å². The normalized spacial score (nSPS) is 15.0. The summed E-state index contributed by atoms with van der Waals surface area (Å²) in [7, 11) is 5.21. The molecule has 32 heavy (non-hydrogen) atoms. The molecule has 1 aromatic carbocycles. The summed E-state index contributed by atoms with van der Waals surface area (Å²) < 4.78 is 16.4. The smallest absolute Gasteiger partial charge is 0.219 e. The van der Waals surface area contributed by atoms with Crippen molar-refractivity contribution in [3.05, 3.63) is 48.2 Å². The quantitative estimate of drug-likeness (QED) is 0.251. The zero-order valence-electron chi connectivity index (χ0n) is 19.2. The number of aliphatic imine (C=N–C) groups is 1. The lowest BCUT2D eigenvalue weighted by Crippen LogP contribution is -2.43. The Labute approximate surface area is 208 Å². The zero-order chi connectivity index (χ0) is 21.9. The molecule has 176 valence electrons. The standard InChI is InChI=1S/C24H34N4O3.HI/c1-25-23(28-18-24(13-14-29-2)11-4-5-12-24)27-17-19-9-10-22(26-16-19)31-21-8-6-7-20(15-21)30-3;/h6-10,15-16H,4-5,11-14,17-18H2,1-3H3,(H2,25,27,28);1H. The maximum absolute atomic E-state index is 5.80. The second-order valence-electron chi connectivity index (χ2n) is 8.01. The maximum Gasteiger partial charge on any atom is 0.219 e. The van der Waals surface area contributed by atoms with Gasteiger partial charge >= 0.3 is 0 Å². The predicted octanol–water partition coefficient (Wildman–Crippen LogP) is 4.76. The van der Waals surface area contributed by atoms with Crippen molar-refractivity contribution < 1.29 is 14.2 Å². The Morgan fingerprint density at radius 2 is 1.88 bits per heavy atom. The van der Waals surface area contributed by atoms with Crippen LogP contribution in [-0.4, -0.2) is 45.4 Å². The maximum atomic E-state index is 5.80. The fourth-order valence-electron chi connectivity index (χ4n) is 4.00. The van der Waals surface area contributed by atoms with Gasteiger partial charge in [-0.25, -0.2) is 4.98 Å². The monoisotopic (exact) mass is 554 g/mol. The molecular weight excluding hydrogens is 519 g/mol. The Kier molecular flexibility index (Phi) is 11.0. The Hall–Kier alpha value is -2.07. The molecule has 1 saturated carbocycles. The molecule has 1 heterocycles. The molecule has 7 nitrogen and oxygen atoms in total. The van der Waals surface area contributed by atoms with E-state index < -0.39 is 0 Å². The average molecular weight is 554 g/mol. The van der Waals surface area contributed by atoms with Crippen molar-refractivity contribution in [2.75, 3.05) is 34.4 Å². The first-order chi connectivity index (χ1) is 15.2. The number of pyridine rings is 1. The minimum atomic E-state index is 0. The number of benzene rings is 1. The van der Waals surface area contributed by atoms with Crippen molar-refractivity contribution >= 4 is 29.9 Å². The number of nitrogens with one attached hydrogen (secondary N) is 2. The summed E-state index contributed by atoms with van der Waals surface area (Å²) in [6.45, 7) is 2.36. The summed E-state index contributed by atoms with van der Waals surface area (Å²) in [6.07, 6.45) is 8.00. The molecule has 8 heteroatoms. The lowest BCUT2D eigenvalue weighted by atomic mass is 9.83. The molecule has 0 spiro atoms. The Bertz CT molecular complexity index is 839. The van der Waals surface area contributed by atoms with Gasteiger partial charge in [0.05, 0.1) is 7.11 Å². The van der Waals surface area contributed by atoms with E-state index in [-0.39, 0.29) is 24.0 Å². The SMILES string of the molecule is CN=C(NCc1ccc(Oc2cccc(OC)c2)nc1)NCC1(CCOC)CCCC1.I. The van der Waals surface area contributed by atoms with Gasteiger partial charge in [-0.05, 0) is 42.4 Å². The van der Waals surface area contributed by atoms with E-state index in [4.69, 9.17) is 14.2 Å². The first-order valence-corrected chi connectivity index (χ1v) is 10.9. The molecule has 0 aliphatic heterocycles. The molecule has 1 fully saturated rings. The molecule has 2 N–H and O–H groups in total. The second-order valence-corrected chi connectivity index (χ2v) is 8.01. The summed E-state index contributed by atoms with van der Waals surface area (Å²) in [5, 5.41) is 6.89. The van der Waals surface area contributed by atoms with Gasteiger partial charge in [0.2, 0.25) is 5.88 Å². The van der Waals surface area contributed by atoms with Crippen molar-refractivity contribution in [1.29, 1.82) is 0 Å². The molecule has 3 rings (SSSR count). The number of guanidine groups is 1. The van der Waals surface area contributed by atoms with E-state index >= 15 is 0 Å². The van der Waals surface area contributed by atoms with Crippen LogP contribution >= 0.6 is 24.0 Å². The Morgan fingerprint density at radius 3 is 2.53 bits per heavy atom. The lowest BCUT2D eigenvalue weighted by Gasteiger charge is -2.30. The number of rotatable bonds is 10. The first kappa shape index (κ1) is 26.2. The number of nitrogens with zero attached hydrogens (tertiary/aromatic N) is 2. The van der Waals surface area contributed by atoms with Crippen LogP contribution in [-0.2, 0) is 11.3 Å². The summed E-state index contributed by atoms with van der Waals surface area (Å²) in [5.74, 6) is 2.79. The van der Waals surface area contributed by atoms with Crippen molar-refractivity contribution in [3.8, 4) is 17.4 Å². The van der Waals surface area contributed by atoms with Crippen LogP contribution in [0, 0.1) is 5.41 Å². The largest absolute Gasteiger partial charge is 0.497 e. The van der Waals surface area contributed by atoms with E-state index in [0.29, 0.717) is 23.6 Å². The molecule has 2 aromatic rings. The molecular formula is C24H35IN4O3. The van der Waals surface area contributed by atoms with Gasteiger partial charge in [0.25, 0.3) is 0 Å². The minimum absolute atomic E-state index is 0. The van der Waals surface area contributed by atoms with Crippen molar-refractivity contribution in [2.45, 2.75) is 38.6 Å². The summed E-state index contributed by atoms with van der Waals surface area (Å²) in [4.78, 5) is 8.78. The first-order valence-electron chi connectivity index (χ1n) is 10.9. The summed E-state index contributed by atoms with van der Waals surface area (Å²) in [5.41, 5.74) is 1.37. The highest BCUT2D eigenvalue weighted by atomic mass is 127. The highest BCUT2D eigenvalue weighted by molar-refractivity contribution is 14.0. The predicted molar refractivity (Wildman–Crippen MR) is 138 cm³/mol. The van der Waals surface area contributed by atoms with Crippen LogP contribution in [0.3, 0.4) is 0 Å². The van der Waals surface area contributed by atoms with Gasteiger partial charge in [0.15, 0.2) is 5.96 Å². The highest BCUT2D eigenvalue weighted by Crippen LogP contribution is 2.40. The van der Waals surface area contributed by atoms with Crippen LogP contribution in [0.2, 0.25) is 0 Å². The van der Waals surface area contributed by atoms with Gasteiger partial charge in [0, 0.05) is 52.2 Å². The molecule has 0 saturated heterocycles. The Balaban J connectivity index is 0.00000363. The summed E-state index contributed by atoms with van der Waals surface area (Å²) >= 11 is 0. The van der Waals surface area contributed by atoms with Gasteiger partial charge in [-0.15, -0.1) is 24.0 Å². The Morgan fingerprint density at radius 1 is 1.09 bits per heavy atom. The van der Waals surface area contributed by atoms with Crippen LogP contribution in [0.25, 0.3) is 0 Å². The fraction of sp³-hybridized carbons (Fsp3) is 0.500. The number of hydrogen-bond acceptors (Lipinski definition) is 5. The molecule has 0 unspecified atom stereocenters. The molecule has 1 aliphatic carbocycles. The van der Waals surface area contributed by atoms with Crippen molar-refractivity contribution in [1.82, 2.24) is 15.6 Å². The third-order valence-electron chi connectivity index (χ3n) is 5.88. The van der Waals surface area contributed by atoms with E-state index in [0.717, 1.165) is 36.8 Å². The molecule has 1 aromatic heterocycles. The zero-order valence-corrected chi connectivity index (χ0v) is 21.6. The van der Waals surface area contributed by atoms with E-state index in [2.05, 4.69) is 20.6 Å². The van der Waals surface area contributed by atoms with Gasteiger partial charge < -0.3 is 24.8 Å². The lowest BCUT2D eigenvalue weighted by molar-refractivity contribution is 0.138. The van der Waals surface area contributed by atoms with Crippen LogP contribution in [0.1, 0.15) is 37.7 Å². The second kappa shape index (κ2) is 13.5.